The van der Waals surface area contributed by atoms with Gasteiger partial charge >= 0.3 is 0 Å². The normalized spacial score (nSPS) is 22.4. The lowest BCUT2D eigenvalue weighted by Gasteiger charge is -2.33. The van der Waals surface area contributed by atoms with Crippen molar-refractivity contribution >= 4 is 0 Å². The molecular weight excluding hydrogens is 332 g/mol. The first-order valence-corrected chi connectivity index (χ1v) is 10.5. The molecule has 2 atom stereocenters. The molecule has 4 rings (SSSR count). The number of piperidine rings is 1. The van der Waals surface area contributed by atoms with Gasteiger partial charge in [-0.15, -0.1) is 0 Å². The Hall–Kier alpha value is -1.78. The second-order valence-electron chi connectivity index (χ2n) is 8.32. The number of aromatic nitrogens is 2. The van der Waals surface area contributed by atoms with E-state index in [1.54, 1.807) is 0 Å². The summed E-state index contributed by atoms with van der Waals surface area (Å²) in [5.41, 5.74) is 4.06. The highest BCUT2D eigenvalue weighted by Gasteiger charge is 2.25. The SMILES string of the molecule is C[C@H](CCN1CCc2nc([C@H]3CCCCN3C)ncc2C1)c1ccccc1. The minimum Gasteiger partial charge on any atom is -0.299 e. The molecule has 0 radical (unpaired) electrons. The third-order valence-corrected chi connectivity index (χ3v) is 6.35. The van der Waals surface area contributed by atoms with E-state index in [-0.39, 0.29) is 0 Å². The Morgan fingerprint density at radius 2 is 2.00 bits per heavy atom. The molecule has 3 heterocycles. The standard InChI is InChI=1S/C23H32N4/c1-18(19-8-4-3-5-9-19)11-14-27-15-12-21-20(17-27)16-24-23(25-21)22-10-6-7-13-26(22)2/h3-5,8-9,16,18,22H,6-7,10-15,17H2,1-2H3/t18-,22-/m1/s1. The van der Waals surface area contributed by atoms with Crippen molar-refractivity contribution in [3.63, 3.8) is 0 Å². The average Bonchev–Trinajstić information content (AvgIpc) is 2.72. The van der Waals surface area contributed by atoms with Crippen molar-refractivity contribution < 1.29 is 0 Å². The van der Waals surface area contributed by atoms with Crippen molar-refractivity contribution in [2.24, 2.45) is 0 Å². The van der Waals surface area contributed by atoms with Crippen molar-refractivity contribution in [3.8, 4) is 0 Å². The fourth-order valence-electron chi connectivity index (χ4n) is 4.47. The van der Waals surface area contributed by atoms with Crippen molar-refractivity contribution in [2.75, 3.05) is 26.7 Å². The molecule has 0 aliphatic carbocycles. The van der Waals surface area contributed by atoms with Crippen molar-refractivity contribution in [2.45, 2.75) is 57.5 Å². The third kappa shape index (κ3) is 4.39. The van der Waals surface area contributed by atoms with Crippen LogP contribution in [0.2, 0.25) is 0 Å². The zero-order valence-electron chi connectivity index (χ0n) is 16.8. The van der Waals surface area contributed by atoms with Crippen LogP contribution in [0.25, 0.3) is 0 Å². The lowest BCUT2D eigenvalue weighted by molar-refractivity contribution is 0.178. The molecule has 2 aliphatic rings. The summed E-state index contributed by atoms with van der Waals surface area (Å²) in [7, 11) is 2.21. The van der Waals surface area contributed by atoms with Gasteiger partial charge in [0.15, 0.2) is 0 Å². The van der Waals surface area contributed by atoms with Crippen molar-refractivity contribution in [3.05, 3.63) is 59.2 Å². The van der Waals surface area contributed by atoms with Crippen LogP contribution in [0.15, 0.2) is 36.5 Å². The van der Waals surface area contributed by atoms with E-state index in [0.29, 0.717) is 12.0 Å². The fraction of sp³-hybridized carbons (Fsp3) is 0.565. The molecule has 0 N–H and O–H groups in total. The number of nitrogens with zero attached hydrogens (tertiary/aromatic N) is 4. The predicted molar refractivity (Wildman–Crippen MR) is 110 cm³/mol. The molecule has 144 valence electrons. The Bertz CT molecular complexity index is 745. The Kier molecular flexibility index (Phi) is 5.84. The number of hydrogen-bond donors (Lipinski definition) is 0. The summed E-state index contributed by atoms with van der Waals surface area (Å²) < 4.78 is 0. The number of hydrogen-bond acceptors (Lipinski definition) is 4. The van der Waals surface area contributed by atoms with E-state index in [9.17, 15) is 0 Å². The van der Waals surface area contributed by atoms with Gasteiger partial charge in [0, 0.05) is 37.0 Å². The van der Waals surface area contributed by atoms with Gasteiger partial charge in [-0.3, -0.25) is 9.80 Å². The second-order valence-corrected chi connectivity index (χ2v) is 8.32. The van der Waals surface area contributed by atoms with E-state index < -0.39 is 0 Å². The molecule has 2 aromatic rings. The number of rotatable bonds is 5. The first-order chi connectivity index (χ1) is 13.2. The van der Waals surface area contributed by atoms with E-state index in [0.717, 1.165) is 31.9 Å². The maximum atomic E-state index is 4.99. The Morgan fingerprint density at radius 1 is 1.15 bits per heavy atom. The van der Waals surface area contributed by atoms with E-state index in [1.165, 1.54) is 49.0 Å². The summed E-state index contributed by atoms with van der Waals surface area (Å²) in [6.07, 6.45) is 8.15. The molecule has 0 unspecified atom stereocenters. The molecule has 0 saturated carbocycles. The van der Waals surface area contributed by atoms with Gasteiger partial charge in [-0.2, -0.15) is 0 Å². The summed E-state index contributed by atoms with van der Waals surface area (Å²) in [6.45, 7) is 6.76. The molecule has 0 bridgehead atoms. The van der Waals surface area contributed by atoms with E-state index in [1.807, 2.05) is 0 Å². The van der Waals surface area contributed by atoms with Crippen molar-refractivity contribution in [1.29, 1.82) is 0 Å². The van der Waals surface area contributed by atoms with Crippen molar-refractivity contribution in [1.82, 2.24) is 19.8 Å². The number of likely N-dealkylation sites (tertiary alicyclic amines) is 1. The highest BCUT2D eigenvalue weighted by molar-refractivity contribution is 5.22. The Labute approximate surface area is 163 Å². The predicted octanol–water partition coefficient (Wildman–Crippen LogP) is 4.19. The molecule has 1 aromatic heterocycles. The van der Waals surface area contributed by atoms with Crippen LogP contribution in [0.5, 0.6) is 0 Å². The topological polar surface area (TPSA) is 32.3 Å². The Balaban J connectivity index is 1.36. The maximum absolute atomic E-state index is 4.99. The highest BCUT2D eigenvalue weighted by atomic mass is 15.2. The largest absolute Gasteiger partial charge is 0.299 e. The van der Waals surface area contributed by atoms with Crippen LogP contribution in [0, 0.1) is 0 Å². The molecule has 1 fully saturated rings. The summed E-state index contributed by atoms with van der Waals surface area (Å²) in [5, 5.41) is 0. The van der Waals surface area contributed by atoms with Crippen LogP contribution in [-0.4, -0.2) is 46.4 Å². The lowest BCUT2D eigenvalue weighted by atomic mass is 9.97. The number of benzene rings is 1. The first-order valence-electron chi connectivity index (χ1n) is 10.5. The summed E-state index contributed by atoms with van der Waals surface area (Å²) in [4.78, 5) is 14.7. The highest BCUT2D eigenvalue weighted by Crippen LogP contribution is 2.28. The average molecular weight is 365 g/mol. The van der Waals surface area contributed by atoms with Crippen LogP contribution < -0.4 is 0 Å². The van der Waals surface area contributed by atoms with Gasteiger partial charge < -0.3 is 0 Å². The minimum atomic E-state index is 0.411. The van der Waals surface area contributed by atoms with Crippen LogP contribution in [0.3, 0.4) is 0 Å². The monoisotopic (exact) mass is 364 g/mol. The van der Waals surface area contributed by atoms with Gasteiger partial charge in [0.25, 0.3) is 0 Å². The molecule has 2 aliphatic heterocycles. The molecule has 27 heavy (non-hydrogen) atoms. The zero-order chi connectivity index (χ0) is 18.6. The zero-order valence-corrected chi connectivity index (χ0v) is 16.8. The van der Waals surface area contributed by atoms with E-state index in [2.05, 4.69) is 60.3 Å². The van der Waals surface area contributed by atoms with Gasteiger partial charge in [-0.05, 0) is 50.9 Å². The minimum absolute atomic E-state index is 0.411. The van der Waals surface area contributed by atoms with E-state index in [4.69, 9.17) is 9.97 Å². The van der Waals surface area contributed by atoms with Crippen LogP contribution in [0.4, 0.5) is 0 Å². The molecule has 0 amide bonds. The van der Waals surface area contributed by atoms with Gasteiger partial charge in [-0.25, -0.2) is 9.97 Å². The maximum Gasteiger partial charge on any atom is 0.145 e. The quantitative estimate of drug-likeness (QED) is 0.796. The molecule has 1 aromatic carbocycles. The summed E-state index contributed by atoms with van der Waals surface area (Å²) in [6, 6.07) is 11.3. The van der Waals surface area contributed by atoms with Gasteiger partial charge in [0.05, 0.1) is 6.04 Å². The molecule has 4 nitrogen and oxygen atoms in total. The van der Waals surface area contributed by atoms with Crippen LogP contribution in [-0.2, 0) is 13.0 Å². The van der Waals surface area contributed by atoms with Gasteiger partial charge in [0.1, 0.15) is 5.82 Å². The fourth-order valence-corrected chi connectivity index (χ4v) is 4.47. The Morgan fingerprint density at radius 3 is 2.81 bits per heavy atom. The van der Waals surface area contributed by atoms with Gasteiger partial charge in [0.2, 0.25) is 0 Å². The first kappa shape index (κ1) is 18.6. The molecule has 1 saturated heterocycles. The third-order valence-electron chi connectivity index (χ3n) is 6.35. The second kappa shape index (κ2) is 8.49. The smallest absolute Gasteiger partial charge is 0.145 e. The van der Waals surface area contributed by atoms with Gasteiger partial charge in [-0.1, -0.05) is 43.7 Å². The van der Waals surface area contributed by atoms with Crippen LogP contribution in [0.1, 0.15) is 67.2 Å². The summed E-state index contributed by atoms with van der Waals surface area (Å²) in [5.74, 6) is 1.65. The number of fused-ring (bicyclic) bond motifs is 1. The molecular formula is C23H32N4. The molecule has 4 heteroatoms. The molecule has 0 spiro atoms. The van der Waals surface area contributed by atoms with E-state index >= 15 is 0 Å². The van der Waals surface area contributed by atoms with Crippen LogP contribution >= 0.6 is 0 Å². The summed E-state index contributed by atoms with van der Waals surface area (Å²) >= 11 is 0. The lowest BCUT2D eigenvalue weighted by Crippen LogP contribution is -2.34.